The van der Waals surface area contributed by atoms with Gasteiger partial charge in [-0.2, -0.15) is 0 Å². The second kappa shape index (κ2) is 5.34. The molecule has 0 nitrogen and oxygen atoms in total. The predicted molar refractivity (Wildman–Crippen MR) is 74.7 cm³/mol. The third kappa shape index (κ3) is 3.12. The molecule has 0 N–H and O–H groups in total. The van der Waals surface area contributed by atoms with E-state index in [1.165, 1.54) is 33.7 Å². The summed E-state index contributed by atoms with van der Waals surface area (Å²) in [5.41, 5.74) is 4.12. The first kappa shape index (κ1) is 12.3. The number of rotatable bonds is 2. The number of halogens is 1. The number of hydrogen-bond acceptors (Lipinski definition) is 1. The Bertz CT molecular complexity index is 349. The van der Waals surface area contributed by atoms with E-state index in [-0.39, 0.29) is 0 Å². The van der Waals surface area contributed by atoms with Crippen LogP contribution in [0.2, 0.25) is 0 Å². The predicted octanol–water partition coefficient (Wildman–Crippen LogP) is 4.03. The van der Waals surface area contributed by atoms with Gasteiger partial charge in [-0.1, -0.05) is 17.7 Å². The van der Waals surface area contributed by atoms with Gasteiger partial charge in [-0.05, 0) is 62.3 Å². The van der Waals surface area contributed by atoms with Gasteiger partial charge in [0.15, 0.2) is 0 Å². The van der Waals surface area contributed by atoms with Crippen molar-refractivity contribution in [3.8, 4) is 0 Å². The van der Waals surface area contributed by atoms with Crippen LogP contribution in [-0.4, -0.2) is 9.79 Å². The molecule has 3 heteroatoms. The molecule has 1 rings (SSSR count). The summed E-state index contributed by atoms with van der Waals surface area (Å²) in [6.45, 7) is 6.51. The van der Waals surface area contributed by atoms with E-state index in [1.807, 2.05) is 0 Å². The molecule has 0 aliphatic rings. The van der Waals surface area contributed by atoms with E-state index >= 15 is 0 Å². The molecule has 0 aliphatic carbocycles. The van der Waals surface area contributed by atoms with Crippen LogP contribution in [0.4, 0.5) is 0 Å². The van der Waals surface area contributed by atoms with E-state index in [0.717, 1.165) is 0 Å². The summed E-state index contributed by atoms with van der Waals surface area (Å²) in [6.07, 6.45) is 2.09. The minimum Gasteiger partial charge on any atom is -0.117 e. The molecule has 1 aromatic carbocycles. The van der Waals surface area contributed by atoms with Crippen LogP contribution in [0.3, 0.4) is 0 Å². The van der Waals surface area contributed by atoms with Crippen molar-refractivity contribution in [3.05, 3.63) is 28.8 Å². The topological polar surface area (TPSA) is 0 Å². The Morgan fingerprint density at radius 3 is 2.14 bits per heavy atom. The molecule has 1 aromatic rings. The summed E-state index contributed by atoms with van der Waals surface area (Å²) in [4.78, 5) is 0. The Hall–Kier alpha value is 0.220. The Morgan fingerprint density at radius 1 is 1.21 bits per heavy atom. The van der Waals surface area contributed by atoms with E-state index in [1.54, 1.807) is 11.8 Å². The third-order valence-corrected chi connectivity index (χ3v) is 5.77. The zero-order chi connectivity index (χ0) is 10.7. The zero-order valence-corrected chi connectivity index (χ0v) is 12.2. The Kier molecular flexibility index (Phi) is 4.69. The highest BCUT2D eigenvalue weighted by atomic mass is 79.9. The lowest BCUT2D eigenvalue weighted by Crippen LogP contribution is -2.04. The lowest BCUT2D eigenvalue weighted by atomic mass is 10.1. The molecule has 0 atom stereocenters. The number of benzene rings is 1. The molecule has 0 amide bonds. The number of thioether (sulfide) groups is 1. The molecule has 0 bridgehead atoms. The van der Waals surface area contributed by atoms with Crippen molar-refractivity contribution in [1.82, 2.24) is 0 Å². The SMILES string of the molecule is CSC(Br)=Pc1c(C)cc(C)cc1C. The second-order valence-electron chi connectivity index (χ2n) is 3.32. The standard InChI is InChI=1S/C11H14BrPS/c1-7-5-8(2)10(9(3)6-7)13-11(12)14-4/h5-6H,1-4H3. The molecule has 0 spiro atoms. The molecule has 14 heavy (non-hydrogen) atoms. The van der Waals surface area contributed by atoms with Gasteiger partial charge in [0.2, 0.25) is 0 Å². The molecule has 0 aromatic heterocycles. The smallest absolute Gasteiger partial charge is 0.0776 e. The van der Waals surface area contributed by atoms with E-state index in [4.69, 9.17) is 0 Å². The minimum atomic E-state index is 1.27. The van der Waals surface area contributed by atoms with Crippen LogP contribution in [0.25, 0.3) is 0 Å². The molecule has 0 saturated heterocycles. The van der Waals surface area contributed by atoms with Crippen LogP contribution in [0, 0.1) is 20.8 Å². The van der Waals surface area contributed by atoms with E-state index in [2.05, 4.69) is 55.1 Å². The highest BCUT2D eigenvalue weighted by Gasteiger charge is 2.02. The monoisotopic (exact) mass is 288 g/mol. The van der Waals surface area contributed by atoms with Crippen molar-refractivity contribution in [2.75, 3.05) is 6.26 Å². The lowest BCUT2D eigenvalue weighted by molar-refractivity contribution is 1.36. The van der Waals surface area contributed by atoms with Crippen LogP contribution in [-0.2, 0) is 0 Å². The van der Waals surface area contributed by atoms with Crippen molar-refractivity contribution in [3.63, 3.8) is 0 Å². The fourth-order valence-corrected chi connectivity index (χ4v) is 3.31. The van der Waals surface area contributed by atoms with Crippen molar-refractivity contribution in [2.24, 2.45) is 0 Å². The van der Waals surface area contributed by atoms with Crippen LogP contribution < -0.4 is 5.30 Å². The molecule has 76 valence electrons. The third-order valence-electron chi connectivity index (χ3n) is 2.00. The van der Waals surface area contributed by atoms with E-state index < -0.39 is 0 Å². The fourth-order valence-electron chi connectivity index (χ4n) is 1.48. The first-order valence-electron chi connectivity index (χ1n) is 4.40. The zero-order valence-electron chi connectivity index (χ0n) is 8.89. The van der Waals surface area contributed by atoms with Gasteiger partial charge in [0, 0.05) is 5.30 Å². The summed E-state index contributed by atoms with van der Waals surface area (Å²) in [5.74, 6) is 0. The van der Waals surface area contributed by atoms with Crippen LogP contribution in [0.1, 0.15) is 16.7 Å². The van der Waals surface area contributed by atoms with Crippen LogP contribution in [0.15, 0.2) is 12.1 Å². The molecule has 0 unspecified atom stereocenters. The van der Waals surface area contributed by atoms with Crippen molar-refractivity contribution >= 4 is 44.7 Å². The molecule has 0 aliphatic heterocycles. The van der Waals surface area contributed by atoms with Crippen LogP contribution in [0.5, 0.6) is 0 Å². The Labute approximate surface area is 100 Å². The van der Waals surface area contributed by atoms with Crippen molar-refractivity contribution in [2.45, 2.75) is 20.8 Å². The maximum atomic E-state index is 3.57. The van der Waals surface area contributed by atoms with E-state index in [9.17, 15) is 0 Å². The molecule has 0 fully saturated rings. The Balaban J connectivity index is 3.21. The molecule has 0 heterocycles. The first-order valence-corrected chi connectivity index (χ1v) is 7.32. The summed E-state index contributed by atoms with van der Waals surface area (Å²) < 4.78 is 1.27. The highest BCUT2D eigenvalue weighted by Crippen LogP contribution is 2.19. The van der Waals surface area contributed by atoms with Crippen molar-refractivity contribution < 1.29 is 0 Å². The van der Waals surface area contributed by atoms with Gasteiger partial charge in [-0.25, -0.2) is 0 Å². The summed E-state index contributed by atoms with van der Waals surface area (Å²) >= 11 is 5.33. The summed E-state index contributed by atoms with van der Waals surface area (Å²) in [5, 5.41) is 1.43. The molecule has 0 saturated carbocycles. The van der Waals surface area contributed by atoms with Gasteiger partial charge in [0.05, 0.1) is 3.53 Å². The van der Waals surface area contributed by atoms with Gasteiger partial charge >= 0.3 is 0 Å². The fraction of sp³-hybridized carbons (Fsp3) is 0.364. The minimum absolute atomic E-state index is 1.27. The van der Waals surface area contributed by atoms with Gasteiger partial charge in [0.1, 0.15) is 0 Å². The maximum absolute atomic E-state index is 3.57. The van der Waals surface area contributed by atoms with Crippen molar-refractivity contribution in [1.29, 1.82) is 0 Å². The summed E-state index contributed by atoms with van der Waals surface area (Å²) in [6, 6.07) is 4.49. The normalized spacial score (nSPS) is 11.9. The average Bonchev–Trinajstić information content (AvgIpc) is 2.10. The number of aryl methyl sites for hydroxylation is 3. The molecular weight excluding hydrogens is 275 g/mol. The highest BCUT2D eigenvalue weighted by molar-refractivity contribution is 9.23. The Morgan fingerprint density at radius 2 is 1.71 bits per heavy atom. The van der Waals surface area contributed by atoms with Gasteiger partial charge < -0.3 is 0 Å². The largest absolute Gasteiger partial charge is 0.117 e. The van der Waals surface area contributed by atoms with Crippen LogP contribution >= 0.6 is 35.9 Å². The molecule has 0 radical (unpaired) electrons. The first-order chi connectivity index (χ1) is 6.54. The average molecular weight is 289 g/mol. The quantitative estimate of drug-likeness (QED) is 0.741. The lowest BCUT2D eigenvalue weighted by Gasteiger charge is -2.06. The van der Waals surface area contributed by atoms with Gasteiger partial charge in [-0.3, -0.25) is 0 Å². The van der Waals surface area contributed by atoms with Gasteiger partial charge in [-0.15, -0.1) is 11.8 Å². The number of hydrogen-bond donors (Lipinski definition) is 0. The van der Waals surface area contributed by atoms with E-state index in [0.29, 0.717) is 0 Å². The summed E-state index contributed by atoms with van der Waals surface area (Å²) in [7, 11) is 1.29. The van der Waals surface area contributed by atoms with Gasteiger partial charge in [0.25, 0.3) is 0 Å². The second-order valence-corrected chi connectivity index (χ2v) is 7.48. The molecular formula is C11H14BrPS. The maximum Gasteiger partial charge on any atom is 0.0776 e.